The van der Waals surface area contributed by atoms with Crippen molar-refractivity contribution in [3.63, 3.8) is 0 Å². The number of hydrogen-bond donors (Lipinski definition) is 1. The molecule has 0 aliphatic carbocycles. The summed E-state index contributed by atoms with van der Waals surface area (Å²) in [6.07, 6.45) is -11.5. The summed E-state index contributed by atoms with van der Waals surface area (Å²) in [6.45, 7) is 0. The smallest absolute Gasteiger partial charge is 0.320 e. The van der Waals surface area contributed by atoms with Crippen LogP contribution in [0.15, 0.2) is 41.6 Å². The maximum absolute atomic E-state index is 13.6. The van der Waals surface area contributed by atoms with Gasteiger partial charge in [-0.2, -0.15) is 26.3 Å². The molecule has 1 aliphatic rings. The highest BCUT2D eigenvalue weighted by molar-refractivity contribution is 6.72. The quantitative estimate of drug-likeness (QED) is 0.310. The van der Waals surface area contributed by atoms with Gasteiger partial charge in [-0.15, -0.1) is 0 Å². The van der Waals surface area contributed by atoms with Crippen molar-refractivity contribution in [2.45, 2.75) is 12.4 Å². The minimum absolute atomic E-state index is 0.118. The van der Waals surface area contributed by atoms with Crippen molar-refractivity contribution in [2.24, 2.45) is 5.16 Å². The monoisotopic (exact) mass is 475 g/mol. The molecule has 9 nitrogen and oxygen atoms in total. The van der Waals surface area contributed by atoms with E-state index in [-0.39, 0.29) is 11.6 Å². The molecule has 1 heterocycles. The minimum atomic E-state index is -5.82. The molecular formula is C18H7F6N3O6. The molecule has 2 aromatic rings. The van der Waals surface area contributed by atoms with Gasteiger partial charge in [0.2, 0.25) is 11.5 Å². The van der Waals surface area contributed by atoms with Crippen molar-refractivity contribution in [3.8, 4) is 0 Å². The zero-order chi connectivity index (χ0) is 24.7. The Morgan fingerprint density at radius 3 is 2.15 bits per heavy atom. The Hall–Kier alpha value is -4.30. The van der Waals surface area contributed by atoms with Crippen LogP contribution in [0.2, 0.25) is 0 Å². The van der Waals surface area contributed by atoms with Gasteiger partial charge in [0.05, 0.1) is 21.7 Å². The number of nitrogens with zero attached hydrogens (tertiary/aromatic N) is 2. The van der Waals surface area contributed by atoms with E-state index >= 15 is 0 Å². The molecule has 1 amide bonds. The highest BCUT2D eigenvalue weighted by Crippen LogP contribution is 2.48. The van der Waals surface area contributed by atoms with Crippen LogP contribution in [0.3, 0.4) is 0 Å². The molecule has 33 heavy (non-hydrogen) atoms. The standard InChI is InChI=1S/C18H7F6N3O6/c19-17(20,21)8-6-9-10(11(18(22,23)24)13(8)27(31)32)14(28)12(15(29)25-9)26-33-16(30)7-4-2-1-3-5-7/h1-6H,(H,25,29). The van der Waals surface area contributed by atoms with Crippen LogP contribution in [0.5, 0.6) is 0 Å². The summed E-state index contributed by atoms with van der Waals surface area (Å²) in [5, 5.41) is 15.7. The van der Waals surface area contributed by atoms with E-state index in [4.69, 9.17) is 0 Å². The molecule has 172 valence electrons. The number of Topliss-reactive ketones (excluding diaryl/α,β-unsaturated/α-hetero) is 1. The second-order valence-electron chi connectivity index (χ2n) is 6.29. The summed E-state index contributed by atoms with van der Waals surface area (Å²) in [7, 11) is 0. The Bertz CT molecular complexity index is 1220. The molecule has 0 aromatic heterocycles. The number of nitro benzene ring substituents is 1. The Kier molecular flexibility index (Phi) is 5.66. The number of carbonyl (C=O) groups excluding carboxylic acids is 3. The van der Waals surface area contributed by atoms with Crippen molar-refractivity contribution in [1.82, 2.24) is 0 Å². The van der Waals surface area contributed by atoms with E-state index in [9.17, 15) is 50.8 Å². The van der Waals surface area contributed by atoms with Gasteiger partial charge in [-0.3, -0.25) is 19.7 Å². The van der Waals surface area contributed by atoms with Crippen molar-refractivity contribution >= 4 is 34.7 Å². The number of hydrogen-bond acceptors (Lipinski definition) is 7. The van der Waals surface area contributed by atoms with Crippen molar-refractivity contribution < 1.29 is 50.5 Å². The Morgan fingerprint density at radius 2 is 1.64 bits per heavy atom. The first kappa shape index (κ1) is 23.4. The number of rotatable bonds is 3. The van der Waals surface area contributed by atoms with E-state index in [1.165, 1.54) is 30.3 Å². The molecular weight excluding hydrogens is 468 g/mol. The maximum Gasteiger partial charge on any atom is 0.423 e. The highest BCUT2D eigenvalue weighted by atomic mass is 19.4. The Morgan fingerprint density at radius 1 is 1.03 bits per heavy atom. The first-order chi connectivity index (χ1) is 15.2. The molecule has 0 radical (unpaired) electrons. The predicted octanol–water partition coefficient (Wildman–Crippen LogP) is 3.98. The number of oxime groups is 1. The van der Waals surface area contributed by atoms with Crippen molar-refractivity contribution in [2.75, 3.05) is 5.32 Å². The van der Waals surface area contributed by atoms with Gasteiger partial charge in [0.25, 0.3) is 11.6 Å². The highest BCUT2D eigenvalue weighted by Gasteiger charge is 2.52. The number of carbonyl (C=O) groups is 3. The number of amides is 1. The summed E-state index contributed by atoms with van der Waals surface area (Å²) in [5.74, 6) is -4.74. The van der Waals surface area contributed by atoms with Crippen LogP contribution in [-0.4, -0.2) is 28.3 Å². The van der Waals surface area contributed by atoms with Crippen molar-refractivity contribution in [1.29, 1.82) is 0 Å². The van der Waals surface area contributed by atoms with E-state index in [2.05, 4.69) is 9.99 Å². The van der Waals surface area contributed by atoms with Crippen molar-refractivity contribution in [3.05, 3.63) is 68.8 Å². The summed E-state index contributed by atoms with van der Waals surface area (Å²) in [4.78, 5) is 50.2. The van der Waals surface area contributed by atoms with Gasteiger partial charge in [-0.1, -0.05) is 23.4 Å². The number of anilines is 1. The number of benzene rings is 2. The topological polar surface area (TPSA) is 128 Å². The molecule has 0 unspecified atom stereocenters. The SMILES string of the molecule is O=C1Nc2cc(C(F)(F)F)c([N+](=O)[O-])c(C(F)(F)F)c2C(=O)C1=NOC(=O)c1ccccc1. The summed E-state index contributed by atoms with van der Waals surface area (Å²) >= 11 is 0. The number of alkyl halides is 6. The Balaban J connectivity index is 2.19. The van der Waals surface area contributed by atoms with E-state index in [0.717, 1.165) is 0 Å². The molecule has 1 aliphatic heterocycles. The van der Waals surface area contributed by atoms with Gasteiger partial charge < -0.3 is 10.2 Å². The molecule has 3 rings (SSSR count). The molecule has 0 spiro atoms. The molecule has 1 N–H and O–H groups in total. The fraction of sp³-hybridized carbons (Fsp3) is 0.111. The van der Waals surface area contributed by atoms with Gasteiger partial charge in [0.1, 0.15) is 11.1 Å². The van der Waals surface area contributed by atoms with Crippen LogP contribution in [0.4, 0.5) is 37.7 Å². The minimum Gasteiger partial charge on any atom is -0.320 e. The molecule has 15 heteroatoms. The van der Waals surface area contributed by atoms with Crippen LogP contribution >= 0.6 is 0 Å². The zero-order valence-corrected chi connectivity index (χ0v) is 15.6. The number of ketones is 1. The number of halogens is 6. The first-order valence-electron chi connectivity index (χ1n) is 8.43. The number of fused-ring (bicyclic) bond motifs is 1. The summed E-state index contributed by atoms with van der Waals surface area (Å²) in [5.41, 5.74) is -11.8. The van der Waals surface area contributed by atoms with Gasteiger partial charge in [-0.25, -0.2) is 4.79 Å². The fourth-order valence-corrected chi connectivity index (χ4v) is 2.89. The summed E-state index contributed by atoms with van der Waals surface area (Å²) < 4.78 is 80.6. The maximum atomic E-state index is 13.6. The lowest BCUT2D eigenvalue weighted by atomic mass is 9.90. The molecule has 0 bridgehead atoms. The van der Waals surface area contributed by atoms with Crippen LogP contribution in [0.1, 0.15) is 31.8 Å². The second-order valence-corrected chi connectivity index (χ2v) is 6.29. The van der Waals surface area contributed by atoms with E-state index in [0.29, 0.717) is 0 Å². The fourth-order valence-electron chi connectivity index (χ4n) is 2.89. The van der Waals surface area contributed by atoms with Crippen LogP contribution in [0, 0.1) is 10.1 Å². The number of nitrogens with one attached hydrogen (secondary N) is 1. The van der Waals surface area contributed by atoms with Crippen LogP contribution < -0.4 is 5.32 Å². The normalized spacial score (nSPS) is 15.2. The molecule has 2 aromatic carbocycles. The van der Waals surface area contributed by atoms with E-state index in [1.807, 2.05) is 0 Å². The third-order valence-corrected chi connectivity index (χ3v) is 4.21. The Labute approximate surface area is 177 Å². The molecule has 0 atom stereocenters. The van der Waals surface area contributed by atoms with Gasteiger partial charge in [0.15, 0.2) is 0 Å². The second kappa shape index (κ2) is 7.99. The van der Waals surface area contributed by atoms with Gasteiger partial charge in [0, 0.05) is 0 Å². The van der Waals surface area contributed by atoms with Crippen LogP contribution in [-0.2, 0) is 22.0 Å². The van der Waals surface area contributed by atoms with Gasteiger partial charge >= 0.3 is 18.3 Å². The molecule has 0 saturated heterocycles. The lowest BCUT2D eigenvalue weighted by Gasteiger charge is -2.23. The van der Waals surface area contributed by atoms with Gasteiger partial charge in [-0.05, 0) is 18.2 Å². The van der Waals surface area contributed by atoms with E-state index in [1.54, 1.807) is 5.32 Å². The lowest BCUT2D eigenvalue weighted by Crippen LogP contribution is -2.38. The average Bonchev–Trinajstić information content (AvgIpc) is 2.71. The van der Waals surface area contributed by atoms with Crippen LogP contribution in [0.25, 0.3) is 0 Å². The molecule has 0 fully saturated rings. The predicted molar refractivity (Wildman–Crippen MR) is 95.4 cm³/mol. The first-order valence-corrected chi connectivity index (χ1v) is 8.43. The molecule has 0 saturated carbocycles. The van der Waals surface area contributed by atoms with E-state index < -0.39 is 68.7 Å². The lowest BCUT2D eigenvalue weighted by molar-refractivity contribution is -0.391. The summed E-state index contributed by atoms with van der Waals surface area (Å²) in [6, 6.07) is 6.66. The average molecular weight is 475 g/mol. The largest absolute Gasteiger partial charge is 0.423 e. The third kappa shape index (κ3) is 4.37. The third-order valence-electron chi connectivity index (χ3n) is 4.21. The number of nitro groups is 1. The zero-order valence-electron chi connectivity index (χ0n) is 15.6.